The van der Waals surface area contributed by atoms with E-state index in [0.29, 0.717) is 5.92 Å². The minimum Gasteiger partial charge on any atom is -0.475 e. The van der Waals surface area contributed by atoms with Crippen LogP contribution in [-0.4, -0.2) is 18.0 Å². The van der Waals surface area contributed by atoms with Crippen LogP contribution in [0.5, 0.6) is 0 Å². The molecule has 0 N–H and O–H groups in total. The van der Waals surface area contributed by atoms with Gasteiger partial charge in [-0.15, -0.1) is 0 Å². The van der Waals surface area contributed by atoms with Crippen molar-refractivity contribution in [1.82, 2.24) is 0 Å². The highest BCUT2D eigenvalue weighted by atomic mass is 19.1. The van der Waals surface area contributed by atoms with E-state index in [9.17, 15) is 8.78 Å². The van der Waals surface area contributed by atoms with Crippen LogP contribution in [0, 0.1) is 35.2 Å². The maximum Gasteiger partial charge on any atom is 0.222 e. The molecule has 0 aromatic heterocycles. The minimum atomic E-state index is -0.792. The van der Waals surface area contributed by atoms with Crippen molar-refractivity contribution in [2.45, 2.75) is 103 Å². The number of fused-ring (bicyclic) bond motifs is 1. The van der Waals surface area contributed by atoms with Crippen molar-refractivity contribution < 1.29 is 17.9 Å². The number of hydrogen-bond donors (Lipinski definition) is 0. The summed E-state index contributed by atoms with van der Waals surface area (Å²) in [7, 11) is 0. The third-order valence-corrected chi connectivity index (χ3v) is 9.19. The van der Waals surface area contributed by atoms with E-state index in [0.717, 1.165) is 36.2 Å². The van der Waals surface area contributed by atoms with Crippen LogP contribution in [0.2, 0.25) is 0 Å². The minimum absolute atomic E-state index is 0.0338. The van der Waals surface area contributed by atoms with Crippen molar-refractivity contribution in [3.8, 4) is 11.1 Å². The molecule has 1 aliphatic heterocycles. The van der Waals surface area contributed by atoms with Gasteiger partial charge >= 0.3 is 0 Å². The smallest absolute Gasteiger partial charge is 0.222 e. The molecule has 4 atom stereocenters. The van der Waals surface area contributed by atoms with Crippen molar-refractivity contribution in [2.75, 3.05) is 6.61 Å². The maximum atomic E-state index is 15.3. The number of unbranched alkanes of at least 4 members (excludes halogenated alkanes) is 3. The second-order valence-electron chi connectivity index (χ2n) is 12.6. The molecule has 0 amide bonds. The molecule has 206 valence electrons. The van der Waals surface area contributed by atoms with Gasteiger partial charge in [-0.3, -0.25) is 0 Å². The van der Waals surface area contributed by atoms with E-state index in [4.69, 9.17) is 4.74 Å². The molecule has 3 aliphatic rings. The molecule has 2 nitrogen and oxygen atoms in total. The third kappa shape index (κ3) is 5.97. The highest BCUT2D eigenvalue weighted by molar-refractivity contribution is 5.96. The fourth-order valence-corrected chi connectivity index (χ4v) is 7.08. The van der Waals surface area contributed by atoms with E-state index in [1.807, 2.05) is 19.9 Å². The Bertz CT molecular complexity index is 1150. The maximum absolute atomic E-state index is 15.3. The van der Waals surface area contributed by atoms with E-state index >= 15 is 4.39 Å². The molecule has 2 saturated carbocycles. The van der Waals surface area contributed by atoms with E-state index in [-0.39, 0.29) is 29.2 Å². The molecule has 0 radical (unpaired) electrons. The quantitative estimate of drug-likeness (QED) is 0.314. The average molecular weight is 526 g/mol. The lowest BCUT2D eigenvalue weighted by molar-refractivity contribution is 0.113. The van der Waals surface area contributed by atoms with Crippen molar-refractivity contribution >= 4 is 5.90 Å². The summed E-state index contributed by atoms with van der Waals surface area (Å²) >= 11 is 0. The molecule has 5 heteroatoms. The van der Waals surface area contributed by atoms with Gasteiger partial charge in [0.05, 0.1) is 5.54 Å². The number of halogens is 3. The van der Waals surface area contributed by atoms with Gasteiger partial charge in [-0.05, 0) is 98.9 Å². The van der Waals surface area contributed by atoms with Crippen molar-refractivity contribution in [1.29, 1.82) is 0 Å². The standard InChI is InChI=1S/C33H42F3NO/c1-4-5-6-7-8-21-9-10-23-16-24(12-11-22(23)15-21)25-13-14-27(28(34)17-25)26-18-29(35)31(30(36)19-26)32-37-33(2,3)20-38-32/h13-14,17-19,21-24H,4-12,15-16,20H2,1-3H3. The lowest BCUT2D eigenvalue weighted by atomic mass is 9.63. The lowest BCUT2D eigenvalue weighted by Crippen LogP contribution is -2.30. The van der Waals surface area contributed by atoms with E-state index < -0.39 is 23.0 Å². The van der Waals surface area contributed by atoms with Gasteiger partial charge in [0, 0.05) is 5.56 Å². The second kappa shape index (κ2) is 11.4. The molecule has 0 spiro atoms. The molecular weight excluding hydrogens is 483 g/mol. The molecule has 4 unspecified atom stereocenters. The summed E-state index contributed by atoms with van der Waals surface area (Å²) in [6.07, 6.45) is 14.3. The Kier molecular flexibility index (Phi) is 8.21. The SMILES string of the molecule is CCCCCCC1CCC2CC(c3ccc(-c4cc(F)c(C5=NC(C)(C)CO5)c(F)c4)c(F)c3)CCC2C1. The van der Waals surface area contributed by atoms with Crippen LogP contribution in [-0.2, 0) is 4.74 Å². The van der Waals surface area contributed by atoms with Crippen molar-refractivity contribution in [3.05, 3.63) is 58.9 Å². The first-order chi connectivity index (χ1) is 18.2. The molecule has 2 aliphatic carbocycles. The topological polar surface area (TPSA) is 21.6 Å². The molecule has 5 rings (SSSR count). The Hall–Kier alpha value is -2.30. The fraction of sp³-hybridized carbons (Fsp3) is 0.606. The van der Waals surface area contributed by atoms with Crippen LogP contribution in [0.4, 0.5) is 13.2 Å². The summed E-state index contributed by atoms with van der Waals surface area (Å²) in [5.74, 6) is 0.771. The Labute approximate surface area is 226 Å². The van der Waals surface area contributed by atoms with E-state index in [2.05, 4.69) is 11.9 Å². The third-order valence-electron chi connectivity index (χ3n) is 9.19. The van der Waals surface area contributed by atoms with Gasteiger partial charge in [-0.2, -0.15) is 0 Å². The second-order valence-corrected chi connectivity index (χ2v) is 12.6. The van der Waals surface area contributed by atoms with Crippen molar-refractivity contribution in [3.63, 3.8) is 0 Å². The number of nitrogens with zero attached hydrogens (tertiary/aromatic N) is 1. The highest BCUT2D eigenvalue weighted by Crippen LogP contribution is 2.48. The number of ether oxygens (including phenoxy) is 1. The normalized spacial score (nSPS) is 26.5. The molecular formula is C33H42F3NO. The molecule has 0 saturated heterocycles. The lowest BCUT2D eigenvalue weighted by Gasteiger charge is -2.42. The first-order valence-corrected chi connectivity index (χ1v) is 14.8. The van der Waals surface area contributed by atoms with Crippen molar-refractivity contribution in [2.24, 2.45) is 22.7 Å². The van der Waals surface area contributed by atoms with Crippen LogP contribution in [0.15, 0.2) is 35.3 Å². The van der Waals surface area contributed by atoms with Gasteiger partial charge < -0.3 is 4.74 Å². The van der Waals surface area contributed by atoms with E-state index in [1.165, 1.54) is 69.9 Å². The first kappa shape index (κ1) is 27.3. The molecule has 0 bridgehead atoms. The van der Waals surface area contributed by atoms with Gasteiger partial charge in [-0.1, -0.05) is 57.6 Å². The average Bonchev–Trinajstić information content (AvgIpc) is 3.24. The van der Waals surface area contributed by atoms with Gasteiger partial charge in [0.25, 0.3) is 0 Å². The molecule has 2 aromatic carbocycles. The Balaban J connectivity index is 1.25. The number of rotatable bonds is 8. The highest BCUT2D eigenvalue weighted by Gasteiger charge is 2.36. The summed E-state index contributed by atoms with van der Waals surface area (Å²) in [5, 5.41) is 0. The summed E-state index contributed by atoms with van der Waals surface area (Å²) in [6, 6.07) is 7.60. The summed E-state index contributed by atoms with van der Waals surface area (Å²) < 4.78 is 50.7. The number of benzene rings is 2. The molecule has 2 fully saturated rings. The van der Waals surface area contributed by atoms with Gasteiger partial charge in [-0.25, -0.2) is 18.2 Å². The van der Waals surface area contributed by atoms with Gasteiger partial charge in [0.2, 0.25) is 5.90 Å². The van der Waals surface area contributed by atoms with Crippen LogP contribution in [0.1, 0.15) is 108 Å². The Morgan fingerprint density at radius 1 is 0.868 bits per heavy atom. The number of hydrogen-bond acceptors (Lipinski definition) is 2. The summed E-state index contributed by atoms with van der Waals surface area (Å²) in [6.45, 7) is 6.22. The van der Waals surface area contributed by atoms with E-state index in [1.54, 1.807) is 12.1 Å². The zero-order valence-corrected chi connectivity index (χ0v) is 23.2. The molecule has 2 aromatic rings. The summed E-state index contributed by atoms with van der Waals surface area (Å²) in [4.78, 5) is 4.29. The van der Waals surface area contributed by atoms with Crippen LogP contribution >= 0.6 is 0 Å². The van der Waals surface area contributed by atoms with Gasteiger partial charge in [0.1, 0.15) is 29.6 Å². The Morgan fingerprint density at radius 3 is 2.29 bits per heavy atom. The molecule has 38 heavy (non-hydrogen) atoms. The fourth-order valence-electron chi connectivity index (χ4n) is 7.08. The monoisotopic (exact) mass is 525 g/mol. The predicted octanol–water partition coefficient (Wildman–Crippen LogP) is 9.60. The first-order valence-electron chi connectivity index (χ1n) is 14.8. The van der Waals surface area contributed by atoms with Crippen LogP contribution in [0.3, 0.4) is 0 Å². The van der Waals surface area contributed by atoms with Crippen LogP contribution < -0.4 is 0 Å². The molecule has 1 heterocycles. The van der Waals surface area contributed by atoms with Gasteiger partial charge in [0.15, 0.2) is 0 Å². The Morgan fingerprint density at radius 2 is 1.61 bits per heavy atom. The predicted molar refractivity (Wildman–Crippen MR) is 148 cm³/mol. The largest absolute Gasteiger partial charge is 0.475 e. The zero-order chi connectivity index (χ0) is 26.9. The van der Waals surface area contributed by atoms with Crippen LogP contribution in [0.25, 0.3) is 11.1 Å². The number of aliphatic imine (C=N–C) groups is 1. The summed E-state index contributed by atoms with van der Waals surface area (Å²) in [5.41, 5.74) is 0.599. The zero-order valence-electron chi connectivity index (χ0n) is 23.2.